The summed E-state index contributed by atoms with van der Waals surface area (Å²) in [5.41, 5.74) is 0. The Kier molecular flexibility index (Phi) is 9.01. The fraction of sp³-hybridized carbons (Fsp3) is 0.467. The number of thioether (sulfide) groups is 2. The van der Waals surface area contributed by atoms with E-state index in [1.807, 2.05) is 42.1 Å². The Bertz CT molecular complexity index is 438. The summed E-state index contributed by atoms with van der Waals surface area (Å²) in [4.78, 5) is 23.5. The van der Waals surface area contributed by atoms with E-state index in [4.69, 9.17) is 4.74 Å². The highest BCUT2D eigenvalue weighted by Gasteiger charge is 2.27. The predicted molar refractivity (Wildman–Crippen MR) is 88.7 cm³/mol. The number of carbonyl (C=O) groups excluding carboxylic acids is 2. The topological polar surface area (TPSA) is 55.4 Å². The fourth-order valence-corrected chi connectivity index (χ4v) is 2.43. The van der Waals surface area contributed by atoms with Crippen LogP contribution in [0.5, 0.6) is 0 Å². The van der Waals surface area contributed by atoms with E-state index in [1.165, 1.54) is 5.75 Å². The molecule has 1 aromatic rings. The van der Waals surface area contributed by atoms with Gasteiger partial charge in [-0.2, -0.15) is 11.8 Å². The van der Waals surface area contributed by atoms with Crippen LogP contribution in [-0.4, -0.2) is 42.3 Å². The van der Waals surface area contributed by atoms with E-state index in [0.29, 0.717) is 6.42 Å². The molecular weight excluding hydrogens is 306 g/mol. The number of cyclic esters (lactones) is 1. The third-order valence-corrected chi connectivity index (χ3v) is 4.28. The zero-order valence-corrected chi connectivity index (χ0v) is 14.0. The van der Waals surface area contributed by atoms with Gasteiger partial charge in [0.15, 0.2) is 6.10 Å². The number of hydrogen-bond donors (Lipinski definition) is 1. The summed E-state index contributed by atoms with van der Waals surface area (Å²) in [5, 5.41) is 2.51. The molecule has 1 saturated heterocycles. The van der Waals surface area contributed by atoms with Crippen LogP contribution >= 0.6 is 23.5 Å². The lowest BCUT2D eigenvalue weighted by atomic mass is 10.2. The van der Waals surface area contributed by atoms with Crippen molar-refractivity contribution in [2.75, 3.05) is 24.3 Å². The first-order valence-electron chi connectivity index (χ1n) is 6.81. The number of hydrogen-bond acceptors (Lipinski definition) is 5. The quantitative estimate of drug-likeness (QED) is 0.665. The van der Waals surface area contributed by atoms with Gasteiger partial charge < -0.3 is 10.1 Å². The minimum atomic E-state index is -0.632. The van der Waals surface area contributed by atoms with Crippen molar-refractivity contribution >= 4 is 35.4 Å². The molecule has 6 heteroatoms. The van der Waals surface area contributed by atoms with Crippen LogP contribution in [0.4, 0.5) is 0 Å². The number of benzene rings is 1. The first-order chi connectivity index (χ1) is 10.2. The van der Waals surface area contributed by atoms with Crippen LogP contribution in [-0.2, 0) is 14.3 Å². The highest BCUT2D eigenvalue weighted by Crippen LogP contribution is 2.19. The zero-order chi connectivity index (χ0) is 15.5. The summed E-state index contributed by atoms with van der Waals surface area (Å²) < 4.78 is 4.97. The molecule has 116 valence electrons. The fourth-order valence-electron chi connectivity index (χ4n) is 1.52. The van der Waals surface area contributed by atoms with Gasteiger partial charge in [0.25, 0.3) is 5.91 Å². The van der Waals surface area contributed by atoms with Gasteiger partial charge in [0, 0.05) is 17.1 Å². The van der Waals surface area contributed by atoms with Gasteiger partial charge in [-0.3, -0.25) is 9.59 Å². The number of rotatable bonds is 5. The summed E-state index contributed by atoms with van der Waals surface area (Å²) in [6, 6.07) is 9.92. The highest BCUT2D eigenvalue weighted by atomic mass is 32.2. The molecular formula is C15H21NO3S2. The molecule has 21 heavy (non-hydrogen) atoms. The average molecular weight is 327 g/mol. The SMILES string of the molecule is CCSC.O=C1CNC(=O)C(CCSc2ccccc2)O1. The summed E-state index contributed by atoms with van der Waals surface area (Å²) in [5.74, 6) is 1.42. The Labute approximate surface area is 134 Å². The lowest BCUT2D eigenvalue weighted by Crippen LogP contribution is -2.47. The van der Waals surface area contributed by atoms with Crippen LogP contribution in [0.3, 0.4) is 0 Å². The number of nitrogens with one attached hydrogen (secondary N) is 1. The molecule has 1 fully saturated rings. The van der Waals surface area contributed by atoms with Crippen LogP contribution in [0, 0.1) is 0 Å². The number of carbonyl (C=O) groups is 2. The smallest absolute Gasteiger partial charge is 0.326 e. The van der Waals surface area contributed by atoms with Crippen LogP contribution in [0.1, 0.15) is 13.3 Å². The van der Waals surface area contributed by atoms with Crippen molar-refractivity contribution in [1.82, 2.24) is 5.32 Å². The van der Waals surface area contributed by atoms with Crippen LogP contribution in [0.2, 0.25) is 0 Å². The van der Waals surface area contributed by atoms with Gasteiger partial charge in [0.05, 0.1) is 0 Å². The standard InChI is InChI=1S/C12H13NO3S.C3H8S/c14-11-8-13-12(15)10(16-11)6-7-17-9-4-2-1-3-5-9;1-3-4-2/h1-5,10H,6-8H2,(H,13,15);3H2,1-2H3. The predicted octanol–water partition coefficient (Wildman–Crippen LogP) is 2.58. The molecule has 1 N–H and O–H groups in total. The van der Waals surface area contributed by atoms with E-state index in [9.17, 15) is 9.59 Å². The van der Waals surface area contributed by atoms with E-state index in [1.54, 1.807) is 11.8 Å². The van der Waals surface area contributed by atoms with Crippen molar-refractivity contribution in [3.63, 3.8) is 0 Å². The van der Waals surface area contributed by atoms with Gasteiger partial charge in [-0.1, -0.05) is 25.1 Å². The highest BCUT2D eigenvalue weighted by molar-refractivity contribution is 7.99. The van der Waals surface area contributed by atoms with Crippen LogP contribution < -0.4 is 5.32 Å². The number of amides is 1. The maximum Gasteiger partial charge on any atom is 0.326 e. The second-order valence-electron chi connectivity index (χ2n) is 4.22. The molecule has 4 nitrogen and oxygen atoms in total. The van der Waals surface area contributed by atoms with Gasteiger partial charge in [-0.15, -0.1) is 11.8 Å². The summed E-state index contributed by atoms with van der Waals surface area (Å²) >= 11 is 3.50. The Hall–Kier alpha value is -1.14. The Balaban J connectivity index is 0.000000491. The number of ether oxygens (including phenoxy) is 1. The lowest BCUT2D eigenvalue weighted by Gasteiger charge is -2.21. The number of esters is 1. The van der Waals surface area contributed by atoms with E-state index < -0.39 is 6.10 Å². The molecule has 1 unspecified atom stereocenters. The maximum atomic E-state index is 11.4. The van der Waals surface area contributed by atoms with Crippen molar-refractivity contribution in [3.05, 3.63) is 30.3 Å². The zero-order valence-electron chi connectivity index (χ0n) is 12.3. The third kappa shape index (κ3) is 7.43. The summed E-state index contributed by atoms with van der Waals surface area (Å²) in [6.45, 7) is 2.13. The summed E-state index contributed by atoms with van der Waals surface area (Å²) in [7, 11) is 0. The first kappa shape index (κ1) is 17.9. The van der Waals surface area contributed by atoms with Crippen LogP contribution in [0.15, 0.2) is 35.2 Å². The molecule has 0 saturated carbocycles. The van der Waals surface area contributed by atoms with E-state index in [0.717, 1.165) is 10.6 Å². The van der Waals surface area contributed by atoms with Crippen molar-refractivity contribution in [2.24, 2.45) is 0 Å². The van der Waals surface area contributed by atoms with Gasteiger partial charge in [-0.25, -0.2) is 0 Å². The molecule has 2 rings (SSSR count). The molecule has 1 aromatic carbocycles. The summed E-state index contributed by atoms with van der Waals surface area (Å²) in [6.07, 6.45) is 2.00. The van der Waals surface area contributed by atoms with Crippen molar-refractivity contribution in [2.45, 2.75) is 24.3 Å². The van der Waals surface area contributed by atoms with Crippen molar-refractivity contribution < 1.29 is 14.3 Å². The molecule has 1 aliphatic rings. The van der Waals surface area contributed by atoms with Gasteiger partial charge >= 0.3 is 5.97 Å². The van der Waals surface area contributed by atoms with Crippen LogP contribution in [0.25, 0.3) is 0 Å². The molecule has 0 bridgehead atoms. The average Bonchev–Trinajstić information content (AvgIpc) is 2.52. The second-order valence-corrected chi connectivity index (χ2v) is 6.55. The number of morpholine rings is 1. The first-order valence-corrected chi connectivity index (χ1v) is 9.19. The molecule has 1 atom stereocenters. The van der Waals surface area contributed by atoms with E-state index in [2.05, 4.69) is 18.5 Å². The maximum absolute atomic E-state index is 11.4. The Morgan fingerprint density at radius 3 is 2.57 bits per heavy atom. The van der Waals surface area contributed by atoms with Gasteiger partial charge in [0.1, 0.15) is 6.54 Å². The Morgan fingerprint density at radius 2 is 1.95 bits per heavy atom. The molecule has 0 aromatic heterocycles. The molecule has 1 amide bonds. The molecule has 1 heterocycles. The minimum Gasteiger partial charge on any atom is -0.451 e. The van der Waals surface area contributed by atoms with E-state index >= 15 is 0 Å². The van der Waals surface area contributed by atoms with Gasteiger partial charge in [0.2, 0.25) is 0 Å². The van der Waals surface area contributed by atoms with Crippen molar-refractivity contribution in [1.29, 1.82) is 0 Å². The third-order valence-electron chi connectivity index (χ3n) is 2.65. The normalized spacial score (nSPS) is 17.3. The van der Waals surface area contributed by atoms with E-state index in [-0.39, 0.29) is 18.4 Å². The van der Waals surface area contributed by atoms with Crippen molar-refractivity contribution in [3.8, 4) is 0 Å². The molecule has 0 radical (unpaired) electrons. The minimum absolute atomic E-state index is 0.0127. The van der Waals surface area contributed by atoms with Gasteiger partial charge in [-0.05, 0) is 24.1 Å². The monoisotopic (exact) mass is 327 g/mol. The lowest BCUT2D eigenvalue weighted by molar-refractivity contribution is -0.161. The Morgan fingerprint density at radius 1 is 1.29 bits per heavy atom. The molecule has 0 aliphatic carbocycles. The molecule has 0 spiro atoms. The largest absolute Gasteiger partial charge is 0.451 e. The molecule has 1 aliphatic heterocycles. The second kappa shape index (κ2) is 10.6.